The molecule has 4 N–H and O–H groups in total. The maximum atomic E-state index is 11.6. The molecule has 0 aromatic heterocycles. The molecule has 0 bridgehead atoms. The number of amides is 1. The van der Waals surface area contributed by atoms with Gasteiger partial charge in [-0.15, -0.1) is 0 Å². The summed E-state index contributed by atoms with van der Waals surface area (Å²) in [5.74, 6) is 0.516. The highest BCUT2D eigenvalue weighted by molar-refractivity contribution is 5.78. The third-order valence-electron chi connectivity index (χ3n) is 3.43. The van der Waals surface area contributed by atoms with E-state index < -0.39 is 5.54 Å². The van der Waals surface area contributed by atoms with Crippen LogP contribution in [0, 0.1) is 5.92 Å². The molecule has 0 unspecified atom stereocenters. The quantitative estimate of drug-likeness (QED) is 0.575. The standard InChI is InChI=1S/C12H24N2O3/c1-10-2-4-12(9-15,5-3-10)14-11(16)8-17-7-6-13/h10,15H,2-9,13H2,1H3,(H,14,16). The van der Waals surface area contributed by atoms with Gasteiger partial charge in [-0.25, -0.2) is 0 Å². The van der Waals surface area contributed by atoms with Crippen molar-refractivity contribution in [2.24, 2.45) is 11.7 Å². The maximum absolute atomic E-state index is 11.6. The Bertz CT molecular complexity index is 238. The lowest BCUT2D eigenvalue weighted by atomic mass is 9.77. The molecule has 0 spiro atoms. The van der Waals surface area contributed by atoms with Crippen molar-refractivity contribution in [3.8, 4) is 0 Å². The Labute approximate surface area is 103 Å². The largest absolute Gasteiger partial charge is 0.394 e. The highest BCUT2D eigenvalue weighted by Gasteiger charge is 2.34. The summed E-state index contributed by atoms with van der Waals surface area (Å²) in [4.78, 5) is 11.6. The van der Waals surface area contributed by atoms with E-state index in [2.05, 4.69) is 12.2 Å². The second kappa shape index (κ2) is 6.93. The Morgan fingerprint density at radius 1 is 1.53 bits per heavy atom. The van der Waals surface area contributed by atoms with Crippen LogP contribution in [0.3, 0.4) is 0 Å². The highest BCUT2D eigenvalue weighted by atomic mass is 16.5. The van der Waals surface area contributed by atoms with E-state index in [1.165, 1.54) is 0 Å². The Morgan fingerprint density at radius 2 is 2.18 bits per heavy atom. The lowest BCUT2D eigenvalue weighted by molar-refractivity contribution is -0.128. The van der Waals surface area contributed by atoms with Gasteiger partial charge in [0, 0.05) is 6.54 Å². The molecule has 5 nitrogen and oxygen atoms in total. The molecule has 100 valence electrons. The van der Waals surface area contributed by atoms with Gasteiger partial charge in [-0.2, -0.15) is 0 Å². The fraction of sp³-hybridized carbons (Fsp3) is 0.917. The smallest absolute Gasteiger partial charge is 0.246 e. The molecule has 0 saturated heterocycles. The molecule has 0 aromatic carbocycles. The number of rotatable bonds is 6. The first-order valence-corrected chi connectivity index (χ1v) is 6.31. The summed E-state index contributed by atoms with van der Waals surface area (Å²) in [6.07, 6.45) is 3.77. The molecule has 0 heterocycles. The number of nitrogens with one attached hydrogen (secondary N) is 1. The van der Waals surface area contributed by atoms with Crippen LogP contribution in [0.25, 0.3) is 0 Å². The molecule has 17 heavy (non-hydrogen) atoms. The van der Waals surface area contributed by atoms with Crippen molar-refractivity contribution in [1.82, 2.24) is 5.32 Å². The lowest BCUT2D eigenvalue weighted by Crippen LogP contribution is -2.54. The van der Waals surface area contributed by atoms with Crippen LogP contribution in [0.15, 0.2) is 0 Å². The molecule has 0 radical (unpaired) electrons. The van der Waals surface area contributed by atoms with Gasteiger partial charge in [0.1, 0.15) is 6.61 Å². The molecule has 1 fully saturated rings. The van der Waals surface area contributed by atoms with Crippen LogP contribution in [0.4, 0.5) is 0 Å². The van der Waals surface area contributed by atoms with Crippen LogP contribution < -0.4 is 11.1 Å². The van der Waals surface area contributed by atoms with Gasteiger partial charge in [0.2, 0.25) is 5.91 Å². The van der Waals surface area contributed by atoms with Gasteiger partial charge in [0.25, 0.3) is 0 Å². The van der Waals surface area contributed by atoms with Crippen molar-refractivity contribution >= 4 is 5.91 Å². The van der Waals surface area contributed by atoms with Crippen LogP contribution in [0.1, 0.15) is 32.6 Å². The minimum atomic E-state index is -0.435. The normalized spacial score (nSPS) is 29.0. The van der Waals surface area contributed by atoms with Gasteiger partial charge in [-0.1, -0.05) is 6.92 Å². The van der Waals surface area contributed by atoms with Crippen molar-refractivity contribution in [2.75, 3.05) is 26.4 Å². The minimum Gasteiger partial charge on any atom is -0.394 e. The Hall–Kier alpha value is -0.650. The van der Waals surface area contributed by atoms with Gasteiger partial charge >= 0.3 is 0 Å². The van der Waals surface area contributed by atoms with Crippen LogP contribution in [-0.2, 0) is 9.53 Å². The Morgan fingerprint density at radius 3 is 2.71 bits per heavy atom. The van der Waals surface area contributed by atoms with Crippen molar-refractivity contribution in [1.29, 1.82) is 0 Å². The SMILES string of the molecule is CC1CCC(CO)(NC(=O)COCCN)CC1. The molecule has 1 aliphatic carbocycles. The van der Waals surface area contributed by atoms with E-state index in [9.17, 15) is 9.90 Å². The predicted molar refractivity (Wildman–Crippen MR) is 65.5 cm³/mol. The lowest BCUT2D eigenvalue weighted by Gasteiger charge is -2.38. The first kappa shape index (κ1) is 14.4. The topological polar surface area (TPSA) is 84.6 Å². The summed E-state index contributed by atoms with van der Waals surface area (Å²) in [5.41, 5.74) is 4.83. The van der Waals surface area contributed by atoms with Gasteiger partial charge in [0.15, 0.2) is 0 Å². The first-order chi connectivity index (χ1) is 8.12. The number of aliphatic hydroxyl groups excluding tert-OH is 1. The van der Waals surface area contributed by atoms with Crippen LogP contribution in [-0.4, -0.2) is 42.9 Å². The zero-order valence-electron chi connectivity index (χ0n) is 10.6. The molecule has 0 atom stereocenters. The monoisotopic (exact) mass is 244 g/mol. The third kappa shape index (κ3) is 4.61. The summed E-state index contributed by atoms with van der Waals surface area (Å²) < 4.78 is 5.08. The fourth-order valence-corrected chi connectivity index (χ4v) is 2.22. The van der Waals surface area contributed by atoms with Crippen molar-refractivity contribution < 1.29 is 14.6 Å². The molecule has 0 aliphatic heterocycles. The number of hydrogen-bond donors (Lipinski definition) is 3. The third-order valence-corrected chi connectivity index (χ3v) is 3.43. The van der Waals surface area contributed by atoms with E-state index in [0.29, 0.717) is 19.1 Å². The number of carbonyl (C=O) groups excluding carboxylic acids is 1. The van der Waals surface area contributed by atoms with Crippen molar-refractivity contribution in [3.05, 3.63) is 0 Å². The second-order valence-electron chi connectivity index (χ2n) is 5.01. The highest BCUT2D eigenvalue weighted by Crippen LogP contribution is 2.31. The summed E-state index contributed by atoms with van der Waals surface area (Å²) in [7, 11) is 0. The molecule has 5 heteroatoms. The number of carbonyl (C=O) groups is 1. The van der Waals surface area contributed by atoms with Crippen molar-refractivity contribution in [3.63, 3.8) is 0 Å². The molecule has 1 amide bonds. The molecule has 1 aliphatic rings. The van der Waals surface area contributed by atoms with E-state index >= 15 is 0 Å². The summed E-state index contributed by atoms with van der Waals surface area (Å²) in [5, 5.41) is 12.4. The summed E-state index contributed by atoms with van der Waals surface area (Å²) in [6.45, 7) is 3.02. The van der Waals surface area contributed by atoms with Gasteiger partial charge in [0.05, 0.1) is 18.8 Å². The molecule has 1 rings (SSSR count). The molecular weight excluding hydrogens is 220 g/mol. The first-order valence-electron chi connectivity index (χ1n) is 6.31. The van der Waals surface area contributed by atoms with E-state index in [-0.39, 0.29) is 19.1 Å². The Balaban J connectivity index is 2.37. The predicted octanol–water partition coefficient (Wildman–Crippen LogP) is 0.0191. The zero-order valence-corrected chi connectivity index (χ0v) is 10.6. The van der Waals surface area contributed by atoms with Crippen LogP contribution in [0.5, 0.6) is 0 Å². The number of aliphatic hydroxyl groups is 1. The zero-order chi connectivity index (χ0) is 12.7. The van der Waals surface area contributed by atoms with E-state index in [1.807, 2.05) is 0 Å². The number of hydrogen-bond acceptors (Lipinski definition) is 4. The van der Waals surface area contributed by atoms with Gasteiger partial charge in [-0.05, 0) is 31.6 Å². The van der Waals surface area contributed by atoms with Gasteiger partial charge in [-0.3, -0.25) is 4.79 Å². The van der Waals surface area contributed by atoms with Crippen LogP contribution >= 0.6 is 0 Å². The van der Waals surface area contributed by atoms with Gasteiger partial charge < -0.3 is 20.9 Å². The fourth-order valence-electron chi connectivity index (χ4n) is 2.22. The molecular formula is C12H24N2O3. The minimum absolute atomic E-state index is 0.00233. The number of ether oxygens (including phenoxy) is 1. The summed E-state index contributed by atoms with van der Waals surface area (Å²) in [6, 6.07) is 0. The summed E-state index contributed by atoms with van der Waals surface area (Å²) >= 11 is 0. The van der Waals surface area contributed by atoms with Crippen molar-refractivity contribution in [2.45, 2.75) is 38.1 Å². The average Bonchev–Trinajstić information content (AvgIpc) is 2.33. The van der Waals surface area contributed by atoms with E-state index in [1.54, 1.807) is 0 Å². The molecule has 1 saturated carbocycles. The maximum Gasteiger partial charge on any atom is 0.246 e. The van der Waals surface area contributed by atoms with E-state index in [0.717, 1.165) is 25.7 Å². The van der Waals surface area contributed by atoms with Crippen LogP contribution in [0.2, 0.25) is 0 Å². The molecule has 0 aromatic rings. The number of nitrogens with two attached hydrogens (primary N) is 1. The van der Waals surface area contributed by atoms with E-state index in [4.69, 9.17) is 10.5 Å². The average molecular weight is 244 g/mol. The second-order valence-corrected chi connectivity index (χ2v) is 5.01. The Kier molecular flexibility index (Phi) is 5.88.